The van der Waals surface area contributed by atoms with Gasteiger partial charge in [-0.15, -0.1) is 0 Å². The lowest BCUT2D eigenvalue weighted by atomic mass is 9.82. The van der Waals surface area contributed by atoms with Crippen LogP contribution in [-0.2, 0) is 0 Å². The molecule has 1 aliphatic heterocycles. The summed E-state index contributed by atoms with van der Waals surface area (Å²) < 4.78 is 0.966. The van der Waals surface area contributed by atoms with E-state index in [1.165, 1.54) is 18.5 Å². The van der Waals surface area contributed by atoms with Crippen LogP contribution in [0.25, 0.3) is 10.9 Å². The van der Waals surface area contributed by atoms with Gasteiger partial charge in [0.25, 0.3) is 0 Å². The normalized spacial score (nSPS) is 18.4. The van der Waals surface area contributed by atoms with Gasteiger partial charge in [-0.2, -0.15) is 0 Å². The number of benzene rings is 1. The van der Waals surface area contributed by atoms with Gasteiger partial charge in [0.2, 0.25) is 0 Å². The van der Waals surface area contributed by atoms with Crippen LogP contribution in [-0.4, -0.2) is 18.1 Å². The van der Waals surface area contributed by atoms with E-state index in [0.29, 0.717) is 5.41 Å². The van der Waals surface area contributed by atoms with Gasteiger partial charge >= 0.3 is 0 Å². The summed E-state index contributed by atoms with van der Waals surface area (Å²) in [5, 5.41) is 1.03. The van der Waals surface area contributed by atoms with E-state index in [2.05, 4.69) is 51.8 Å². The third kappa shape index (κ3) is 2.49. The number of hydrogen-bond donors (Lipinski definition) is 1. The number of rotatable bonds is 1. The molecule has 1 fully saturated rings. The number of nitrogens with zero attached hydrogens (tertiary/aromatic N) is 2. The summed E-state index contributed by atoms with van der Waals surface area (Å²) in [4.78, 5) is 7.02. The molecule has 0 aliphatic carbocycles. The van der Waals surface area contributed by atoms with E-state index in [9.17, 15) is 0 Å². The molecular weight excluding hydrogens is 314 g/mol. The highest BCUT2D eigenvalue weighted by Gasteiger charge is 2.26. The van der Waals surface area contributed by atoms with E-state index in [4.69, 9.17) is 5.73 Å². The zero-order chi connectivity index (χ0) is 14.3. The Morgan fingerprint density at radius 1 is 1.25 bits per heavy atom. The van der Waals surface area contributed by atoms with E-state index < -0.39 is 0 Å². The minimum atomic E-state index is 0.455. The summed E-state index contributed by atoms with van der Waals surface area (Å²) in [7, 11) is 0. The molecule has 1 aromatic heterocycles. The molecule has 0 radical (unpaired) electrons. The average molecular weight is 334 g/mol. The van der Waals surface area contributed by atoms with Crippen molar-refractivity contribution in [3.63, 3.8) is 0 Å². The van der Waals surface area contributed by atoms with Crippen molar-refractivity contribution in [3.05, 3.63) is 28.9 Å². The first-order valence-corrected chi connectivity index (χ1v) is 7.84. The number of nitrogen functional groups attached to an aromatic ring is 1. The number of aromatic nitrogens is 1. The van der Waals surface area contributed by atoms with Crippen molar-refractivity contribution in [1.29, 1.82) is 0 Å². The number of nitrogens with two attached hydrogens (primary N) is 1. The van der Waals surface area contributed by atoms with Crippen LogP contribution < -0.4 is 10.6 Å². The van der Waals surface area contributed by atoms with Crippen LogP contribution >= 0.6 is 15.9 Å². The lowest BCUT2D eigenvalue weighted by Gasteiger charge is -2.38. The predicted molar refractivity (Wildman–Crippen MR) is 89.1 cm³/mol. The summed E-state index contributed by atoms with van der Waals surface area (Å²) in [5.41, 5.74) is 9.54. The van der Waals surface area contributed by atoms with Gasteiger partial charge in [-0.3, -0.25) is 4.98 Å². The molecule has 0 spiro atoms. The molecule has 0 unspecified atom stereocenters. The number of fused-ring (bicyclic) bond motifs is 1. The van der Waals surface area contributed by atoms with Gasteiger partial charge in [-0.25, -0.2) is 0 Å². The van der Waals surface area contributed by atoms with E-state index in [-0.39, 0.29) is 0 Å². The Kier molecular flexibility index (Phi) is 3.36. The quantitative estimate of drug-likeness (QED) is 0.795. The first-order chi connectivity index (χ1) is 9.46. The van der Waals surface area contributed by atoms with Gasteiger partial charge in [0.1, 0.15) is 0 Å². The fourth-order valence-electron chi connectivity index (χ4n) is 2.81. The maximum absolute atomic E-state index is 6.09. The second-order valence-corrected chi connectivity index (χ2v) is 7.29. The zero-order valence-electron chi connectivity index (χ0n) is 12.0. The summed E-state index contributed by atoms with van der Waals surface area (Å²) in [5.74, 6) is 0. The van der Waals surface area contributed by atoms with Gasteiger partial charge in [0.05, 0.1) is 11.2 Å². The molecule has 2 aromatic rings. The number of hydrogen-bond acceptors (Lipinski definition) is 3. The molecular formula is C16H20BrN3. The van der Waals surface area contributed by atoms with Gasteiger partial charge in [-0.05, 0) is 52.4 Å². The van der Waals surface area contributed by atoms with Crippen LogP contribution in [0.1, 0.15) is 26.7 Å². The SMILES string of the molecule is CC1(C)CCN(c2ccc(N)c3cc(Br)cnc23)CC1. The standard InChI is InChI=1S/C16H20BrN3/c1-16(2)5-7-20(8-6-16)14-4-3-13(18)12-9-11(17)10-19-15(12)14/h3-4,9-10H,5-8,18H2,1-2H3. The van der Waals surface area contributed by atoms with Crippen molar-refractivity contribution in [2.24, 2.45) is 5.41 Å². The predicted octanol–water partition coefficient (Wildman–Crippen LogP) is 4.21. The smallest absolute Gasteiger partial charge is 0.0956 e. The van der Waals surface area contributed by atoms with Crippen LogP contribution in [0.5, 0.6) is 0 Å². The Bertz CT molecular complexity index is 641. The molecule has 0 atom stereocenters. The minimum Gasteiger partial charge on any atom is -0.398 e. The van der Waals surface area contributed by atoms with Crippen molar-refractivity contribution in [3.8, 4) is 0 Å². The molecule has 3 rings (SSSR count). The maximum Gasteiger partial charge on any atom is 0.0956 e. The molecule has 1 aromatic carbocycles. The Morgan fingerprint density at radius 3 is 2.65 bits per heavy atom. The topological polar surface area (TPSA) is 42.1 Å². The van der Waals surface area contributed by atoms with E-state index in [1.54, 1.807) is 0 Å². The fourth-order valence-corrected chi connectivity index (χ4v) is 3.14. The third-order valence-corrected chi connectivity index (χ3v) is 4.72. The van der Waals surface area contributed by atoms with E-state index in [0.717, 1.165) is 34.2 Å². The molecule has 2 heterocycles. The Hall–Kier alpha value is -1.29. The second-order valence-electron chi connectivity index (χ2n) is 6.37. The second kappa shape index (κ2) is 4.92. The molecule has 106 valence electrons. The van der Waals surface area contributed by atoms with Crippen LogP contribution in [0.4, 0.5) is 11.4 Å². The van der Waals surface area contributed by atoms with Gasteiger partial charge in [0, 0.05) is 34.8 Å². The first kappa shape index (κ1) is 13.7. The van der Waals surface area contributed by atoms with Crippen molar-refractivity contribution in [1.82, 2.24) is 4.98 Å². The molecule has 1 saturated heterocycles. The number of pyridine rings is 1. The van der Waals surface area contributed by atoms with Crippen LogP contribution in [0.2, 0.25) is 0 Å². The van der Waals surface area contributed by atoms with Crippen LogP contribution in [0, 0.1) is 5.41 Å². The molecule has 20 heavy (non-hydrogen) atoms. The largest absolute Gasteiger partial charge is 0.398 e. The Balaban J connectivity index is 2.02. The van der Waals surface area contributed by atoms with Gasteiger partial charge < -0.3 is 10.6 Å². The van der Waals surface area contributed by atoms with E-state index >= 15 is 0 Å². The molecule has 2 N–H and O–H groups in total. The number of halogens is 1. The molecule has 0 bridgehead atoms. The lowest BCUT2D eigenvalue weighted by molar-refractivity contribution is 0.280. The first-order valence-electron chi connectivity index (χ1n) is 7.05. The molecule has 0 saturated carbocycles. The van der Waals surface area contributed by atoms with Crippen LogP contribution in [0.15, 0.2) is 28.9 Å². The maximum atomic E-state index is 6.09. The Morgan fingerprint density at radius 2 is 1.95 bits per heavy atom. The zero-order valence-corrected chi connectivity index (χ0v) is 13.6. The highest BCUT2D eigenvalue weighted by Crippen LogP contribution is 2.36. The lowest BCUT2D eigenvalue weighted by Crippen LogP contribution is -2.37. The summed E-state index contributed by atoms with van der Waals surface area (Å²) in [6.45, 7) is 6.87. The average Bonchev–Trinajstić information content (AvgIpc) is 2.40. The number of piperidine rings is 1. The third-order valence-electron chi connectivity index (χ3n) is 4.29. The molecule has 0 amide bonds. The van der Waals surface area contributed by atoms with Crippen molar-refractivity contribution < 1.29 is 0 Å². The summed E-state index contributed by atoms with van der Waals surface area (Å²) in [6, 6.07) is 6.15. The molecule has 1 aliphatic rings. The van der Waals surface area contributed by atoms with E-state index in [1.807, 2.05) is 12.3 Å². The highest BCUT2D eigenvalue weighted by molar-refractivity contribution is 9.10. The van der Waals surface area contributed by atoms with Crippen molar-refractivity contribution >= 4 is 38.2 Å². The summed E-state index contributed by atoms with van der Waals surface area (Å²) >= 11 is 3.47. The Labute approximate surface area is 128 Å². The monoisotopic (exact) mass is 333 g/mol. The molecule has 4 heteroatoms. The summed E-state index contributed by atoms with van der Waals surface area (Å²) in [6.07, 6.45) is 4.28. The fraction of sp³-hybridized carbons (Fsp3) is 0.438. The van der Waals surface area contributed by atoms with Gasteiger partial charge in [0.15, 0.2) is 0 Å². The highest BCUT2D eigenvalue weighted by atomic mass is 79.9. The molecule has 3 nitrogen and oxygen atoms in total. The minimum absolute atomic E-state index is 0.455. The van der Waals surface area contributed by atoms with Crippen molar-refractivity contribution in [2.75, 3.05) is 23.7 Å². The van der Waals surface area contributed by atoms with Gasteiger partial charge in [-0.1, -0.05) is 13.8 Å². The van der Waals surface area contributed by atoms with Crippen molar-refractivity contribution in [2.45, 2.75) is 26.7 Å². The number of anilines is 2. The van der Waals surface area contributed by atoms with Crippen LogP contribution in [0.3, 0.4) is 0 Å².